The number of halogens is 2. The first kappa shape index (κ1) is 15.8. The average Bonchev–Trinajstić information content (AvgIpc) is 2.88. The van der Waals surface area contributed by atoms with Gasteiger partial charge in [-0.25, -0.2) is 8.78 Å². The molecule has 1 amide bonds. The van der Waals surface area contributed by atoms with Crippen molar-refractivity contribution in [2.24, 2.45) is 0 Å². The van der Waals surface area contributed by atoms with Gasteiger partial charge in [0.2, 0.25) is 0 Å². The molecule has 128 valence electrons. The quantitative estimate of drug-likeness (QED) is 0.688. The molecule has 0 bridgehead atoms. The maximum Gasteiger partial charge on any atom is 0.254 e. The van der Waals surface area contributed by atoms with Crippen molar-refractivity contribution in [3.63, 3.8) is 0 Å². The average molecular weight is 340 g/mol. The Morgan fingerprint density at radius 1 is 1.12 bits per heavy atom. The summed E-state index contributed by atoms with van der Waals surface area (Å²) in [7, 11) is 0. The molecule has 5 heteroatoms. The van der Waals surface area contributed by atoms with Crippen LogP contribution in [-0.2, 0) is 19.5 Å². The highest BCUT2D eigenvalue weighted by molar-refractivity contribution is 5.95. The molecule has 0 fully saturated rings. The highest BCUT2D eigenvalue weighted by atomic mass is 19.2. The summed E-state index contributed by atoms with van der Waals surface area (Å²) in [5.74, 6) is -2.21. The number of rotatable bonds is 2. The van der Waals surface area contributed by atoms with Crippen LogP contribution < -0.4 is 0 Å². The van der Waals surface area contributed by atoms with Gasteiger partial charge >= 0.3 is 0 Å². The fraction of sp³-hybridized carbons (Fsp3) is 0.250. The van der Waals surface area contributed by atoms with Gasteiger partial charge in [0, 0.05) is 42.3 Å². The molecule has 0 saturated heterocycles. The van der Waals surface area contributed by atoms with Gasteiger partial charge in [-0.3, -0.25) is 4.79 Å². The second-order valence-corrected chi connectivity index (χ2v) is 6.36. The smallest absolute Gasteiger partial charge is 0.254 e. The third kappa shape index (κ3) is 2.60. The molecule has 1 aliphatic heterocycles. The van der Waals surface area contributed by atoms with E-state index in [1.807, 2.05) is 12.1 Å². The van der Waals surface area contributed by atoms with E-state index in [2.05, 4.69) is 23.8 Å². The zero-order chi connectivity index (χ0) is 17.6. The molecule has 0 saturated carbocycles. The van der Waals surface area contributed by atoms with E-state index < -0.39 is 11.6 Å². The Hall–Kier alpha value is -2.69. The summed E-state index contributed by atoms with van der Waals surface area (Å²) in [6, 6.07) is 9.44. The van der Waals surface area contributed by atoms with Crippen LogP contribution in [0.25, 0.3) is 10.9 Å². The standard InChI is InChI=1S/C20H18F2N2O/c1-2-23-11-15-8-9-24(12-14-4-3-5-18(23)19(14)15)20(25)13-6-7-16(21)17(22)10-13/h3-7,10-11H,2,8-9,12H2,1H3. The van der Waals surface area contributed by atoms with Gasteiger partial charge in [-0.1, -0.05) is 12.1 Å². The zero-order valence-electron chi connectivity index (χ0n) is 13.9. The van der Waals surface area contributed by atoms with Crippen molar-refractivity contribution in [1.29, 1.82) is 0 Å². The Morgan fingerprint density at radius 3 is 2.72 bits per heavy atom. The van der Waals surface area contributed by atoms with Gasteiger partial charge in [-0.2, -0.15) is 0 Å². The molecule has 2 aromatic carbocycles. The number of hydrogen-bond donors (Lipinski definition) is 0. The van der Waals surface area contributed by atoms with Crippen molar-refractivity contribution >= 4 is 16.8 Å². The summed E-state index contributed by atoms with van der Waals surface area (Å²) in [5.41, 5.74) is 3.68. The molecular weight excluding hydrogens is 322 g/mol. The molecular formula is C20H18F2N2O. The third-order valence-electron chi connectivity index (χ3n) is 4.88. The van der Waals surface area contributed by atoms with E-state index in [1.54, 1.807) is 4.90 Å². The zero-order valence-corrected chi connectivity index (χ0v) is 13.9. The highest BCUT2D eigenvalue weighted by Gasteiger charge is 2.23. The predicted molar refractivity (Wildman–Crippen MR) is 92.4 cm³/mol. The number of hydrogen-bond acceptors (Lipinski definition) is 1. The van der Waals surface area contributed by atoms with Gasteiger partial charge in [-0.05, 0) is 48.7 Å². The third-order valence-corrected chi connectivity index (χ3v) is 4.88. The Morgan fingerprint density at radius 2 is 1.96 bits per heavy atom. The van der Waals surface area contributed by atoms with Crippen molar-refractivity contribution in [3.05, 3.63) is 70.9 Å². The molecule has 4 rings (SSSR count). The first-order valence-electron chi connectivity index (χ1n) is 8.42. The number of amides is 1. The summed E-state index contributed by atoms with van der Waals surface area (Å²) in [4.78, 5) is 14.5. The summed E-state index contributed by atoms with van der Waals surface area (Å²) >= 11 is 0. The van der Waals surface area contributed by atoms with Gasteiger partial charge in [-0.15, -0.1) is 0 Å². The molecule has 0 atom stereocenters. The van der Waals surface area contributed by atoms with Crippen LogP contribution >= 0.6 is 0 Å². The molecule has 0 aliphatic carbocycles. The fourth-order valence-corrected chi connectivity index (χ4v) is 3.63. The van der Waals surface area contributed by atoms with Crippen molar-refractivity contribution < 1.29 is 13.6 Å². The van der Waals surface area contributed by atoms with Crippen LogP contribution in [0, 0.1) is 11.6 Å². The number of carbonyl (C=O) groups is 1. The highest BCUT2D eigenvalue weighted by Crippen LogP contribution is 2.30. The molecule has 0 N–H and O–H groups in total. The summed E-state index contributed by atoms with van der Waals surface area (Å²) in [6.45, 7) is 4.03. The first-order chi connectivity index (χ1) is 12.1. The number of carbonyl (C=O) groups excluding carboxylic acids is 1. The largest absolute Gasteiger partial charge is 0.347 e. The van der Waals surface area contributed by atoms with Crippen molar-refractivity contribution in [3.8, 4) is 0 Å². The second-order valence-electron chi connectivity index (χ2n) is 6.36. The second kappa shape index (κ2) is 5.99. The summed E-state index contributed by atoms with van der Waals surface area (Å²) < 4.78 is 28.8. The van der Waals surface area contributed by atoms with Crippen LogP contribution in [-0.4, -0.2) is 21.9 Å². The Balaban J connectivity index is 1.71. The van der Waals surface area contributed by atoms with E-state index >= 15 is 0 Å². The molecule has 2 heterocycles. The van der Waals surface area contributed by atoms with Gasteiger partial charge in [0.15, 0.2) is 11.6 Å². The maximum absolute atomic E-state index is 13.5. The van der Waals surface area contributed by atoms with E-state index in [-0.39, 0.29) is 11.5 Å². The minimum atomic E-state index is -0.997. The lowest BCUT2D eigenvalue weighted by molar-refractivity contribution is 0.0747. The Kier molecular flexibility index (Phi) is 3.79. The first-order valence-corrected chi connectivity index (χ1v) is 8.42. The van der Waals surface area contributed by atoms with Crippen LogP contribution in [0.3, 0.4) is 0 Å². The van der Waals surface area contributed by atoms with E-state index in [0.717, 1.165) is 30.7 Å². The molecule has 3 nitrogen and oxygen atoms in total. The Bertz CT molecular complexity index is 977. The SMILES string of the molecule is CCn1cc2c3c(cccc31)CN(C(=O)c1ccc(F)c(F)c1)CC2. The fourth-order valence-electron chi connectivity index (χ4n) is 3.63. The van der Waals surface area contributed by atoms with Crippen LogP contribution in [0.15, 0.2) is 42.6 Å². The number of nitrogens with zero attached hydrogens (tertiary/aromatic N) is 2. The van der Waals surface area contributed by atoms with Crippen LogP contribution in [0.5, 0.6) is 0 Å². The lowest BCUT2D eigenvalue weighted by Gasteiger charge is -2.21. The molecule has 0 spiro atoms. The Labute approximate surface area is 144 Å². The van der Waals surface area contributed by atoms with E-state index in [1.165, 1.54) is 22.5 Å². The predicted octanol–water partition coefficient (Wildman–Crippen LogP) is 4.14. The topological polar surface area (TPSA) is 25.2 Å². The van der Waals surface area contributed by atoms with Gasteiger partial charge in [0.1, 0.15) is 0 Å². The molecule has 0 radical (unpaired) electrons. The lowest BCUT2D eigenvalue weighted by atomic mass is 10.1. The molecule has 0 unspecified atom stereocenters. The van der Waals surface area contributed by atoms with Crippen molar-refractivity contribution in [2.45, 2.75) is 26.4 Å². The van der Waals surface area contributed by atoms with Crippen LogP contribution in [0.4, 0.5) is 8.78 Å². The van der Waals surface area contributed by atoms with E-state index in [4.69, 9.17) is 0 Å². The minimum Gasteiger partial charge on any atom is -0.347 e. The summed E-state index contributed by atoms with van der Waals surface area (Å²) in [6.07, 6.45) is 2.90. The van der Waals surface area contributed by atoms with Crippen LogP contribution in [0.1, 0.15) is 28.4 Å². The molecule has 1 aromatic heterocycles. The number of aryl methyl sites for hydroxylation is 1. The van der Waals surface area contributed by atoms with Gasteiger partial charge in [0.05, 0.1) is 0 Å². The monoisotopic (exact) mass is 340 g/mol. The van der Waals surface area contributed by atoms with Crippen molar-refractivity contribution in [1.82, 2.24) is 9.47 Å². The van der Waals surface area contributed by atoms with Crippen LogP contribution in [0.2, 0.25) is 0 Å². The number of benzene rings is 2. The molecule has 1 aliphatic rings. The van der Waals surface area contributed by atoms with E-state index in [0.29, 0.717) is 13.1 Å². The van der Waals surface area contributed by atoms with Gasteiger partial charge in [0.25, 0.3) is 5.91 Å². The molecule has 3 aromatic rings. The normalized spacial score (nSPS) is 14.0. The minimum absolute atomic E-state index is 0.177. The maximum atomic E-state index is 13.5. The van der Waals surface area contributed by atoms with Crippen molar-refractivity contribution in [2.75, 3.05) is 6.54 Å². The lowest BCUT2D eigenvalue weighted by Crippen LogP contribution is -2.31. The summed E-state index contributed by atoms with van der Waals surface area (Å²) in [5, 5.41) is 1.21. The number of aromatic nitrogens is 1. The molecule has 25 heavy (non-hydrogen) atoms. The van der Waals surface area contributed by atoms with Gasteiger partial charge < -0.3 is 9.47 Å². The van der Waals surface area contributed by atoms with E-state index in [9.17, 15) is 13.6 Å².